The highest BCUT2D eigenvalue weighted by molar-refractivity contribution is 7.99. The number of rotatable bonds is 4. The Hall–Kier alpha value is -1.73. The molecule has 3 heterocycles. The molecule has 120 valence electrons. The lowest BCUT2D eigenvalue weighted by Crippen LogP contribution is -2.31. The zero-order valence-electron chi connectivity index (χ0n) is 12.8. The molecule has 1 fully saturated rings. The Morgan fingerprint density at radius 2 is 2.09 bits per heavy atom. The van der Waals surface area contributed by atoms with Gasteiger partial charge >= 0.3 is 5.16 Å². The Morgan fingerprint density at radius 1 is 1.22 bits per heavy atom. The van der Waals surface area contributed by atoms with E-state index in [0.29, 0.717) is 5.52 Å². The van der Waals surface area contributed by atoms with Gasteiger partial charge in [0.25, 0.3) is 5.65 Å². The number of hydrogen-bond acceptors (Lipinski definition) is 4. The van der Waals surface area contributed by atoms with Gasteiger partial charge in [0.05, 0.1) is 5.39 Å². The highest BCUT2D eigenvalue weighted by atomic mass is 32.2. The summed E-state index contributed by atoms with van der Waals surface area (Å²) in [6.45, 7) is 3.50. The number of fused-ring (bicyclic) bond motifs is 3. The Labute approximate surface area is 137 Å². The third kappa shape index (κ3) is 3.16. The van der Waals surface area contributed by atoms with Crippen LogP contribution in [0.3, 0.4) is 0 Å². The zero-order valence-corrected chi connectivity index (χ0v) is 13.6. The van der Waals surface area contributed by atoms with Gasteiger partial charge in [-0.05, 0) is 55.9 Å². The van der Waals surface area contributed by atoms with Crippen LogP contribution in [0, 0.1) is 5.82 Å². The van der Waals surface area contributed by atoms with Gasteiger partial charge in [-0.1, -0.05) is 11.5 Å². The van der Waals surface area contributed by atoms with E-state index < -0.39 is 0 Å². The fourth-order valence-corrected chi connectivity index (χ4v) is 3.91. The van der Waals surface area contributed by atoms with Gasteiger partial charge in [0, 0.05) is 17.4 Å². The summed E-state index contributed by atoms with van der Waals surface area (Å²) in [7, 11) is 0. The smallest absolute Gasteiger partial charge is 0.303 e. The number of piperidine rings is 1. The minimum atomic E-state index is -0.264. The maximum atomic E-state index is 13.4. The van der Waals surface area contributed by atoms with Gasteiger partial charge in [-0.15, -0.1) is 0 Å². The second-order valence-corrected chi connectivity index (χ2v) is 7.00. The second kappa shape index (κ2) is 6.41. The summed E-state index contributed by atoms with van der Waals surface area (Å²) in [6, 6.07) is 4.66. The quantitative estimate of drug-likeness (QED) is 0.746. The molecule has 5 nitrogen and oxygen atoms in total. The van der Waals surface area contributed by atoms with Crippen molar-refractivity contribution in [3.63, 3.8) is 0 Å². The molecular weight excluding hydrogens is 313 g/mol. The lowest BCUT2D eigenvalue weighted by atomic mass is 10.1. The molecule has 0 bridgehead atoms. The molecule has 1 aliphatic heterocycles. The summed E-state index contributed by atoms with van der Waals surface area (Å²) in [6.07, 6.45) is 3.99. The Kier molecular flexibility index (Phi) is 4.13. The highest BCUT2D eigenvalue weighted by Gasteiger charge is 2.16. The van der Waals surface area contributed by atoms with E-state index in [1.165, 1.54) is 44.5 Å². The average Bonchev–Trinajstić information content (AvgIpc) is 2.93. The molecular formula is C16H19FN5S+. The summed E-state index contributed by atoms with van der Waals surface area (Å²) < 4.78 is 13.4. The summed E-state index contributed by atoms with van der Waals surface area (Å²) in [5.41, 5.74) is 2.34. The van der Waals surface area contributed by atoms with E-state index in [1.807, 2.05) is 0 Å². The number of aromatic nitrogens is 4. The first-order chi connectivity index (χ1) is 11.3. The van der Waals surface area contributed by atoms with Gasteiger partial charge in [-0.3, -0.25) is 4.98 Å². The third-order valence-electron chi connectivity index (χ3n) is 4.30. The third-order valence-corrected chi connectivity index (χ3v) is 5.14. The van der Waals surface area contributed by atoms with Crippen LogP contribution in [0.2, 0.25) is 0 Å². The molecule has 7 heteroatoms. The minimum Gasteiger partial charge on any atom is -0.303 e. The number of aromatic amines is 2. The van der Waals surface area contributed by atoms with Crippen LogP contribution in [0.25, 0.3) is 22.1 Å². The van der Waals surface area contributed by atoms with Crippen LogP contribution in [-0.2, 0) is 0 Å². The number of nitrogens with zero attached hydrogens (tertiary/aromatic N) is 3. The fourth-order valence-electron chi connectivity index (χ4n) is 3.09. The molecule has 2 N–H and O–H groups in total. The summed E-state index contributed by atoms with van der Waals surface area (Å²) in [5, 5.41) is 10.1. The van der Waals surface area contributed by atoms with Crippen molar-refractivity contribution in [2.75, 3.05) is 25.4 Å². The maximum Gasteiger partial charge on any atom is 0.321 e. The monoisotopic (exact) mass is 332 g/mol. The van der Waals surface area contributed by atoms with Gasteiger partial charge in [0.2, 0.25) is 0 Å². The van der Waals surface area contributed by atoms with Crippen molar-refractivity contribution in [2.24, 2.45) is 0 Å². The molecule has 1 saturated heterocycles. The Bertz CT molecular complexity index is 828. The first kappa shape index (κ1) is 14.8. The summed E-state index contributed by atoms with van der Waals surface area (Å²) in [5.74, 6) is 0.728. The molecule has 4 rings (SSSR count). The van der Waals surface area contributed by atoms with Crippen LogP contribution in [0.1, 0.15) is 19.3 Å². The van der Waals surface area contributed by atoms with Crippen LogP contribution < -0.4 is 4.98 Å². The van der Waals surface area contributed by atoms with Crippen LogP contribution in [-0.4, -0.2) is 45.5 Å². The Morgan fingerprint density at radius 3 is 2.96 bits per heavy atom. The predicted octanol–water partition coefficient (Wildman–Crippen LogP) is 2.64. The SMILES string of the molecule is Fc1ccc2[nH]c3[nH+]c(SCCN4CCCCC4)nnc3c2c1. The van der Waals surface area contributed by atoms with E-state index in [9.17, 15) is 4.39 Å². The predicted molar refractivity (Wildman–Crippen MR) is 88.9 cm³/mol. The number of nitrogens with one attached hydrogen (secondary N) is 2. The molecule has 0 unspecified atom stereocenters. The van der Waals surface area contributed by atoms with Crippen molar-refractivity contribution >= 4 is 33.8 Å². The van der Waals surface area contributed by atoms with Crippen LogP contribution >= 0.6 is 11.8 Å². The van der Waals surface area contributed by atoms with Crippen LogP contribution in [0.15, 0.2) is 23.4 Å². The molecule has 0 spiro atoms. The number of H-pyrrole nitrogens is 2. The first-order valence-corrected chi connectivity index (χ1v) is 9.00. The van der Waals surface area contributed by atoms with E-state index in [4.69, 9.17) is 0 Å². The largest absolute Gasteiger partial charge is 0.321 e. The van der Waals surface area contributed by atoms with Crippen molar-refractivity contribution < 1.29 is 9.37 Å². The van der Waals surface area contributed by atoms with E-state index in [-0.39, 0.29) is 5.82 Å². The van der Waals surface area contributed by atoms with E-state index >= 15 is 0 Å². The number of halogens is 1. The number of benzene rings is 1. The molecule has 0 saturated carbocycles. The van der Waals surface area contributed by atoms with Crippen molar-refractivity contribution in [1.29, 1.82) is 0 Å². The molecule has 3 aromatic rings. The van der Waals surface area contributed by atoms with Crippen LogP contribution in [0.4, 0.5) is 4.39 Å². The number of likely N-dealkylation sites (tertiary alicyclic amines) is 1. The van der Waals surface area contributed by atoms with Gasteiger partial charge < -0.3 is 4.90 Å². The highest BCUT2D eigenvalue weighted by Crippen LogP contribution is 2.22. The normalized spacial score (nSPS) is 16.4. The van der Waals surface area contributed by atoms with Crippen molar-refractivity contribution in [3.8, 4) is 0 Å². The standard InChI is InChI=1S/C16H18FN5S/c17-11-4-5-13-12(10-11)14-15(18-13)19-16(21-20-14)23-9-8-22-6-2-1-3-7-22/h4-5,10H,1-3,6-9H2,(H,18,19,21)/p+1. The summed E-state index contributed by atoms with van der Waals surface area (Å²) >= 11 is 1.68. The van der Waals surface area contributed by atoms with Gasteiger partial charge in [0.1, 0.15) is 11.3 Å². The number of hydrogen-bond donors (Lipinski definition) is 1. The van der Waals surface area contributed by atoms with Gasteiger partial charge in [-0.25, -0.2) is 9.37 Å². The lowest BCUT2D eigenvalue weighted by Gasteiger charge is -2.25. The molecule has 0 atom stereocenters. The fraction of sp³-hybridized carbons (Fsp3) is 0.438. The van der Waals surface area contributed by atoms with E-state index in [2.05, 4.69) is 25.1 Å². The second-order valence-electron chi connectivity index (χ2n) is 5.92. The topological polar surface area (TPSA) is 59.0 Å². The number of thioether (sulfide) groups is 1. The average molecular weight is 332 g/mol. The molecule has 0 amide bonds. The Balaban J connectivity index is 1.49. The van der Waals surface area contributed by atoms with Gasteiger partial charge in [-0.2, -0.15) is 0 Å². The van der Waals surface area contributed by atoms with Crippen LogP contribution in [0.5, 0.6) is 0 Å². The minimum absolute atomic E-state index is 0.264. The van der Waals surface area contributed by atoms with E-state index in [0.717, 1.165) is 34.0 Å². The molecule has 0 aliphatic carbocycles. The van der Waals surface area contributed by atoms with Crippen molar-refractivity contribution in [1.82, 2.24) is 20.1 Å². The van der Waals surface area contributed by atoms with E-state index in [1.54, 1.807) is 17.8 Å². The lowest BCUT2D eigenvalue weighted by molar-refractivity contribution is -0.406. The maximum absolute atomic E-state index is 13.4. The molecule has 1 aromatic carbocycles. The van der Waals surface area contributed by atoms with Crippen molar-refractivity contribution in [2.45, 2.75) is 24.4 Å². The van der Waals surface area contributed by atoms with Crippen molar-refractivity contribution in [3.05, 3.63) is 24.0 Å². The molecule has 23 heavy (non-hydrogen) atoms. The molecule has 0 radical (unpaired) electrons. The molecule has 1 aliphatic rings. The van der Waals surface area contributed by atoms with Gasteiger partial charge in [0.15, 0.2) is 5.52 Å². The summed E-state index contributed by atoms with van der Waals surface area (Å²) in [4.78, 5) is 9.01. The first-order valence-electron chi connectivity index (χ1n) is 8.02. The zero-order chi connectivity index (χ0) is 15.6. The molecule has 2 aromatic heterocycles.